The van der Waals surface area contributed by atoms with E-state index in [2.05, 4.69) is 27.2 Å². The van der Waals surface area contributed by atoms with Crippen molar-refractivity contribution in [3.63, 3.8) is 0 Å². The SMILES string of the molecule is CCNc1nc(-c2ncc(Cl)s2)nc2c1CSC2. The number of aromatic nitrogens is 3. The number of nitrogens with one attached hydrogen (secondary N) is 1. The zero-order valence-electron chi connectivity index (χ0n) is 9.73. The lowest BCUT2D eigenvalue weighted by Crippen LogP contribution is -2.06. The molecule has 0 saturated carbocycles. The fourth-order valence-electron chi connectivity index (χ4n) is 1.82. The minimum absolute atomic E-state index is 0.661. The van der Waals surface area contributed by atoms with E-state index in [1.54, 1.807) is 6.20 Å². The number of hydrogen-bond acceptors (Lipinski definition) is 6. The normalized spacial score (nSPS) is 13.7. The molecule has 0 saturated heterocycles. The molecule has 0 unspecified atom stereocenters. The van der Waals surface area contributed by atoms with Gasteiger partial charge in [-0.25, -0.2) is 15.0 Å². The standard InChI is InChI=1S/C11H11ClN4S2/c1-2-13-9-6-4-17-5-7(6)15-10(16-9)11-14-3-8(12)18-11/h3H,2,4-5H2,1H3,(H,13,15,16). The van der Waals surface area contributed by atoms with Gasteiger partial charge in [0.1, 0.15) is 10.2 Å². The number of halogens is 1. The summed E-state index contributed by atoms with van der Waals surface area (Å²) in [6.45, 7) is 2.92. The Balaban J connectivity index is 2.08. The van der Waals surface area contributed by atoms with Crippen LogP contribution in [0.1, 0.15) is 18.2 Å². The lowest BCUT2D eigenvalue weighted by atomic mass is 10.2. The van der Waals surface area contributed by atoms with Crippen molar-refractivity contribution >= 4 is 40.5 Å². The average Bonchev–Trinajstić information content (AvgIpc) is 2.97. The number of thiazole rings is 1. The van der Waals surface area contributed by atoms with Gasteiger partial charge >= 0.3 is 0 Å². The van der Waals surface area contributed by atoms with Gasteiger partial charge in [-0.15, -0.1) is 0 Å². The highest BCUT2D eigenvalue weighted by Gasteiger charge is 2.20. The first kappa shape index (κ1) is 12.2. The fourth-order valence-corrected chi connectivity index (χ4v) is 3.71. The molecule has 1 aliphatic rings. The van der Waals surface area contributed by atoms with Crippen molar-refractivity contribution in [1.82, 2.24) is 15.0 Å². The highest BCUT2D eigenvalue weighted by Crippen LogP contribution is 2.35. The van der Waals surface area contributed by atoms with Gasteiger partial charge in [0.25, 0.3) is 0 Å². The molecule has 0 aromatic carbocycles. The highest BCUT2D eigenvalue weighted by atomic mass is 35.5. The van der Waals surface area contributed by atoms with Crippen molar-refractivity contribution < 1.29 is 0 Å². The van der Waals surface area contributed by atoms with Gasteiger partial charge in [0.05, 0.1) is 11.9 Å². The summed E-state index contributed by atoms with van der Waals surface area (Å²) in [5.41, 5.74) is 2.35. The molecule has 4 nitrogen and oxygen atoms in total. The van der Waals surface area contributed by atoms with Crippen molar-refractivity contribution in [2.24, 2.45) is 0 Å². The van der Waals surface area contributed by atoms with Gasteiger partial charge in [0.2, 0.25) is 0 Å². The Hall–Kier alpha value is -0.850. The topological polar surface area (TPSA) is 50.7 Å². The number of thioether (sulfide) groups is 1. The lowest BCUT2D eigenvalue weighted by Gasteiger charge is -2.09. The van der Waals surface area contributed by atoms with Crippen LogP contribution in [0.5, 0.6) is 0 Å². The summed E-state index contributed by atoms with van der Waals surface area (Å²) in [6.07, 6.45) is 1.64. The van der Waals surface area contributed by atoms with Crippen LogP contribution in [0.2, 0.25) is 4.34 Å². The van der Waals surface area contributed by atoms with Crippen molar-refractivity contribution in [2.45, 2.75) is 18.4 Å². The highest BCUT2D eigenvalue weighted by molar-refractivity contribution is 7.98. The Labute approximate surface area is 118 Å². The van der Waals surface area contributed by atoms with E-state index in [9.17, 15) is 0 Å². The van der Waals surface area contributed by atoms with Gasteiger partial charge < -0.3 is 5.32 Å². The maximum absolute atomic E-state index is 5.91. The molecule has 1 aliphatic heterocycles. The van der Waals surface area contributed by atoms with Crippen LogP contribution < -0.4 is 5.32 Å². The van der Waals surface area contributed by atoms with Crippen molar-refractivity contribution in [3.8, 4) is 10.8 Å². The number of nitrogens with zero attached hydrogens (tertiary/aromatic N) is 3. The lowest BCUT2D eigenvalue weighted by molar-refractivity contribution is 1.04. The van der Waals surface area contributed by atoms with E-state index in [0.29, 0.717) is 10.2 Å². The molecule has 0 radical (unpaired) electrons. The van der Waals surface area contributed by atoms with Gasteiger partial charge in [0, 0.05) is 23.6 Å². The molecule has 1 N–H and O–H groups in total. The van der Waals surface area contributed by atoms with E-state index in [-0.39, 0.29) is 0 Å². The van der Waals surface area contributed by atoms with E-state index < -0.39 is 0 Å². The van der Waals surface area contributed by atoms with Gasteiger partial charge in [-0.3, -0.25) is 0 Å². The molecule has 0 amide bonds. The third kappa shape index (κ3) is 2.20. The van der Waals surface area contributed by atoms with Crippen LogP contribution >= 0.6 is 34.7 Å². The molecular formula is C11H11ClN4S2. The number of rotatable bonds is 3. The average molecular weight is 299 g/mol. The fraction of sp³-hybridized carbons (Fsp3) is 0.364. The largest absolute Gasteiger partial charge is 0.370 e. The zero-order chi connectivity index (χ0) is 12.5. The maximum Gasteiger partial charge on any atom is 0.191 e. The first-order valence-corrected chi connectivity index (χ1v) is 7.96. The monoisotopic (exact) mass is 298 g/mol. The van der Waals surface area contributed by atoms with Gasteiger partial charge in [-0.05, 0) is 6.92 Å². The van der Waals surface area contributed by atoms with Crippen LogP contribution in [0.3, 0.4) is 0 Å². The molecule has 0 bridgehead atoms. The molecule has 18 heavy (non-hydrogen) atoms. The summed E-state index contributed by atoms with van der Waals surface area (Å²) in [4.78, 5) is 13.4. The Morgan fingerprint density at radius 3 is 3.00 bits per heavy atom. The molecule has 3 rings (SSSR count). The number of anilines is 1. The van der Waals surface area contributed by atoms with E-state index in [1.807, 2.05) is 11.8 Å². The molecule has 2 aromatic heterocycles. The summed E-state index contributed by atoms with van der Waals surface area (Å²) < 4.78 is 0.661. The van der Waals surface area contributed by atoms with E-state index in [0.717, 1.165) is 34.6 Å². The van der Waals surface area contributed by atoms with Crippen molar-refractivity contribution in [3.05, 3.63) is 21.8 Å². The smallest absolute Gasteiger partial charge is 0.191 e. The Kier molecular flexibility index (Phi) is 3.41. The van der Waals surface area contributed by atoms with Crippen LogP contribution in [0, 0.1) is 0 Å². The van der Waals surface area contributed by atoms with Crippen LogP contribution in [0.15, 0.2) is 6.20 Å². The Bertz CT molecular complexity index is 584. The van der Waals surface area contributed by atoms with Gasteiger partial charge in [-0.1, -0.05) is 22.9 Å². The molecule has 94 valence electrons. The third-order valence-electron chi connectivity index (χ3n) is 2.59. The molecule has 0 spiro atoms. The molecule has 0 aliphatic carbocycles. The summed E-state index contributed by atoms with van der Waals surface area (Å²) in [5, 5.41) is 4.08. The third-order valence-corrected chi connectivity index (χ3v) is 4.67. The first-order chi connectivity index (χ1) is 8.78. The second-order valence-electron chi connectivity index (χ2n) is 3.81. The van der Waals surface area contributed by atoms with Gasteiger partial charge in [-0.2, -0.15) is 11.8 Å². The maximum atomic E-state index is 5.91. The van der Waals surface area contributed by atoms with Crippen molar-refractivity contribution in [1.29, 1.82) is 0 Å². The van der Waals surface area contributed by atoms with E-state index in [1.165, 1.54) is 16.9 Å². The van der Waals surface area contributed by atoms with E-state index in [4.69, 9.17) is 11.6 Å². The van der Waals surface area contributed by atoms with Crippen LogP contribution in [-0.2, 0) is 11.5 Å². The molecular weight excluding hydrogens is 288 g/mol. The molecule has 7 heteroatoms. The first-order valence-electron chi connectivity index (χ1n) is 5.61. The molecule has 0 fully saturated rings. The Morgan fingerprint density at radius 1 is 1.39 bits per heavy atom. The number of hydrogen-bond donors (Lipinski definition) is 1. The van der Waals surface area contributed by atoms with Crippen LogP contribution in [-0.4, -0.2) is 21.5 Å². The molecule has 0 atom stereocenters. The minimum Gasteiger partial charge on any atom is -0.370 e. The Morgan fingerprint density at radius 2 is 2.28 bits per heavy atom. The van der Waals surface area contributed by atoms with Crippen LogP contribution in [0.4, 0.5) is 5.82 Å². The summed E-state index contributed by atoms with van der Waals surface area (Å²) >= 11 is 9.18. The van der Waals surface area contributed by atoms with Gasteiger partial charge in [0.15, 0.2) is 10.8 Å². The second kappa shape index (κ2) is 5.03. The zero-order valence-corrected chi connectivity index (χ0v) is 12.1. The number of fused-ring (bicyclic) bond motifs is 1. The molecule has 2 aromatic rings. The summed E-state index contributed by atoms with van der Waals surface area (Å²) in [5.74, 6) is 3.54. The molecule has 3 heterocycles. The minimum atomic E-state index is 0.661. The predicted molar refractivity (Wildman–Crippen MR) is 77.3 cm³/mol. The van der Waals surface area contributed by atoms with Crippen molar-refractivity contribution in [2.75, 3.05) is 11.9 Å². The van der Waals surface area contributed by atoms with E-state index >= 15 is 0 Å². The summed E-state index contributed by atoms with van der Waals surface area (Å²) in [7, 11) is 0. The van der Waals surface area contributed by atoms with Crippen LogP contribution in [0.25, 0.3) is 10.8 Å². The second-order valence-corrected chi connectivity index (χ2v) is 6.46. The predicted octanol–water partition coefficient (Wildman–Crippen LogP) is 3.43. The summed E-state index contributed by atoms with van der Waals surface area (Å²) in [6, 6.07) is 0. The quantitative estimate of drug-likeness (QED) is 0.941.